The van der Waals surface area contributed by atoms with Crippen LogP contribution in [0.3, 0.4) is 0 Å². The molecule has 6 heteroatoms. The van der Waals surface area contributed by atoms with Crippen LogP contribution in [0, 0.1) is 11.8 Å². The molecule has 0 unspecified atom stereocenters. The zero-order chi connectivity index (χ0) is 15.5. The van der Waals surface area contributed by atoms with Crippen molar-refractivity contribution in [2.75, 3.05) is 12.0 Å². The number of hydrogen-bond acceptors (Lipinski definition) is 2. The summed E-state index contributed by atoms with van der Waals surface area (Å²) in [6.07, 6.45) is -2.62. The van der Waals surface area contributed by atoms with E-state index in [1.807, 2.05) is 6.92 Å². The Morgan fingerprint density at radius 3 is 2.86 bits per heavy atom. The fourth-order valence-corrected chi connectivity index (χ4v) is 2.29. The fraction of sp³-hybridized carbons (Fsp3) is 0.467. The number of rotatable bonds is 2. The molecule has 0 bridgehead atoms. The lowest BCUT2D eigenvalue weighted by molar-refractivity contribution is -0.259. The maximum Gasteiger partial charge on any atom is 0.433 e. The summed E-state index contributed by atoms with van der Waals surface area (Å²) in [5, 5.41) is 2.98. The van der Waals surface area contributed by atoms with Crippen molar-refractivity contribution < 1.29 is 17.9 Å². The molecule has 1 aliphatic rings. The zero-order valence-corrected chi connectivity index (χ0v) is 12.2. The van der Waals surface area contributed by atoms with Gasteiger partial charge in [0, 0.05) is 22.7 Å². The molecule has 0 fully saturated rings. The van der Waals surface area contributed by atoms with Gasteiger partial charge in [-0.05, 0) is 24.6 Å². The van der Waals surface area contributed by atoms with Crippen molar-refractivity contribution in [2.24, 2.45) is 0 Å². The summed E-state index contributed by atoms with van der Waals surface area (Å²) >= 11 is 5.84. The van der Waals surface area contributed by atoms with Gasteiger partial charge in [0.15, 0.2) is 0 Å². The van der Waals surface area contributed by atoms with Crippen LogP contribution in [0.5, 0.6) is 0 Å². The lowest BCUT2D eigenvalue weighted by Crippen LogP contribution is -2.47. The molecule has 1 atom stereocenters. The minimum atomic E-state index is -4.65. The Labute approximate surface area is 126 Å². The van der Waals surface area contributed by atoms with Crippen molar-refractivity contribution in [1.82, 2.24) is 0 Å². The SMILES string of the molecule is CCCCC#C[C@@]1(C(F)(F)F)OCNc2ccc(Cl)cc21. The highest BCUT2D eigenvalue weighted by Gasteiger charge is 2.59. The molecule has 114 valence electrons. The lowest BCUT2D eigenvalue weighted by atomic mass is 9.90. The van der Waals surface area contributed by atoms with Gasteiger partial charge in [-0.3, -0.25) is 0 Å². The second-order valence-corrected chi connectivity index (χ2v) is 5.18. The van der Waals surface area contributed by atoms with Crippen molar-refractivity contribution in [1.29, 1.82) is 0 Å². The van der Waals surface area contributed by atoms with Gasteiger partial charge in [0.25, 0.3) is 5.60 Å². The van der Waals surface area contributed by atoms with Crippen LogP contribution in [-0.2, 0) is 10.3 Å². The summed E-state index contributed by atoms with van der Waals surface area (Å²) in [5.41, 5.74) is -2.36. The third-order valence-corrected chi connectivity index (χ3v) is 3.47. The predicted molar refractivity (Wildman–Crippen MR) is 76.1 cm³/mol. The van der Waals surface area contributed by atoms with Gasteiger partial charge in [0.1, 0.15) is 6.73 Å². The third kappa shape index (κ3) is 3.12. The Morgan fingerprint density at radius 2 is 2.19 bits per heavy atom. The van der Waals surface area contributed by atoms with Gasteiger partial charge in [-0.15, -0.1) is 0 Å². The van der Waals surface area contributed by atoms with E-state index in [0.29, 0.717) is 12.1 Å². The van der Waals surface area contributed by atoms with Crippen LogP contribution in [-0.4, -0.2) is 12.9 Å². The van der Waals surface area contributed by atoms with Crippen LogP contribution in [0.15, 0.2) is 18.2 Å². The Kier molecular flexibility index (Phi) is 4.70. The number of benzene rings is 1. The molecule has 2 rings (SSSR count). The van der Waals surface area contributed by atoms with Gasteiger partial charge in [-0.2, -0.15) is 13.2 Å². The van der Waals surface area contributed by atoms with Crippen molar-refractivity contribution in [3.05, 3.63) is 28.8 Å². The first-order valence-electron chi connectivity index (χ1n) is 6.65. The van der Waals surface area contributed by atoms with Gasteiger partial charge in [-0.25, -0.2) is 0 Å². The van der Waals surface area contributed by atoms with E-state index in [1.165, 1.54) is 18.2 Å². The van der Waals surface area contributed by atoms with E-state index in [2.05, 4.69) is 17.2 Å². The minimum absolute atomic E-state index is 0.0854. The number of alkyl halides is 3. The lowest BCUT2D eigenvalue weighted by Gasteiger charge is -2.36. The van der Waals surface area contributed by atoms with Crippen LogP contribution in [0.1, 0.15) is 31.7 Å². The number of halogens is 4. The molecule has 0 aliphatic carbocycles. The topological polar surface area (TPSA) is 21.3 Å². The number of ether oxygens (including phenoxy) is 1. The van der Waals surface area contributed by atoms with Crippen molar-refractivity contribution >= 4 is 17.3 Å². The quantitative estimate of drug-likeness (QED) is 0.631. The maximum atomic E-state index is 13.6. The molecule has 1 N–H and O–H groups in total. The van der Waals surface area contributed by atoms with Gasteiger partial charge in [0.2, 0.25) is 0 Å². The predicted octanol–water partition coefficient (Wildman–Crippen LogP) is 4.69. The summed E-state index contributed by atoms with van der Waals surface area (Å²) in [7, 11) is 0. The standard InChI is InChI=1S/C15H15ClF3NO/c1-2-3-4-5-8-14(15(17,18)19)12-9-11(16)6-7-13(12)20-10-21-14/h6-7,9,20H,2-4,10H2,1H3/t14-/m1/s1. The van der Waals surface area contributed by atoms with Gasteiger partial charge in [0.05, 0.1) is 0 Å². The fourth-order valence-electron chi connectivity index (χ4n) is 2.12. The van der Waals surface area contributed by atoms with Crippen molar-refractivity contribution in [2.45, 2.75) is 38.0 Å². The van der Waals surface area contributed by atoms with Crippen molar-refractivity contribution in [3.63, 3.8) is 0 Å². The molecule has 0 saturated heterocycles. The summed E-state index contributed by atoms with van der Waals surface area (Å²) in [4.78, 5) is 0. The Bertz CT molecular complexity index is 577. The van der Waals surface area contributed by atoms with Crippen LogP contribution >= 0.6 is 11.6 Å². The van der Waals surface area contributed by atoms with E-state index in [4.69, 9.17) is 16.3 Å². The minimum Gasteiger partial charge on any atom is -0.362 e. The number of nitrogens with one attached hydrogen (secondary N) is 1. The summed E-state index contributed by atoms with van der Waals surface area (Å²) in [6.45, 7) is 1.70. The van der Waals surface area contributed by atoms with E-state index >= 15 is 0 Å². The van der Waals surface area contributed by atoms with E-state index in [0.717, 1.165) is 12.8 Å². The zero-order valence-electron chi connectivity index (χ0n) is 11.5. The second kappa shape index (κ2) is 6.17. The average Bonchev–Trinajstić information content (AvgIpc) is 2.42. The summed E-state index contributed by atoms with van der Waals surface area (Å²) < 4.78 is 45.9. The van der Waals surface area contributed by atoms with Crippen LogP contribution < -0.4 is 5.32 Å². The Balaban J connectivity index is 2.52. The average molecular weight is 318 g/mol. The molecular formula is C15H15ClF3NO. The largest absolute Gasteiger partial charge is 0.433 e. The smallest absolute Gasteiger partial charge is 0.362 e. The summed E-state index contributed by atoms with van der Waals surface area (Å²) in [6, 6.07) is 4.30. The van der Waals surface area contributed by atoms with Crippen LogP contribution in [0.25, 0.3) is 0 Å². The molecule has 0 spiro atoms. The molecule has 1 aromatic carbocycles. The van der Waals surface area contributed by atoms with E-state index in [1.54, 1.807) is 0 Å². The molecule has 0 amide bonds. The Morgan fingerprint density at radius 1 is 1.43 bits per heavy atom. The highest BCUT2D eigenvalue weighted by molar-refractivity contribution is 6.30. The van der Waals surface area contributed by atoms with E-state index < -0.39 is 11.8 Å². The monoisotopic (exact) mass is 317 g/mol. The first kappa shape index (κ1) is 16.0. The number of anilines is 1. The number of hydrogen-bond donors (Lipinski definition) is 1. The molecule has 1 heterocycles. The molecule has 0 aromatic heterocycles. The first-order valence-corrected chi connectivity index (χ1v) is 7.03. The molecule has 0 radical (unpaired) electrons. The second-order valence-electron chi connectivity index (χ2n) is 4.74. The molecule has 1 aliphatic heterocycles. The maximum absolute atomic E-state index is 13.6. The number of unbranched alkanes of at least 4 members (excludes halogenated alkanes) is 2. The van der Waals surface area contributed by atoms with Crippen LogP contribution in [0.4, 0.5) is 18.9 Å². The third-order valence-electron chi connectivity index (χ3n) is 3.23. The van der Waals surface area contributed by atoms with E-state index in [9.17, 15) is 13.2 Å². The van der Waals surface area contributed by atoms with Gasteiger partial charge >= 0.3 is 6.18 Å². The van der Waals surface area contributed by atoms with Crippen molar-refractivity contribution in [3.8, 4) is 11.8 Å². The van der Waals surface area contributed by atoms with Gasteiger partial charge < -0.3 is 10.1 Å². The van der Waals surface area contributed by atoms with E-state index in [-0.39, 0.29) is 17.3 Å². The molecule has 2 nitrogen and oxygen atoms in total. The molecule has 21 heavy (non-hydrogen) atoms. The summed E-state index contributed by atoms with van der Waals surface area (Å²) in [5.74, 6) is 4.90. The molecular weight excluding hydrogens is 303 g/mol. The molecule has 0 saturated carbocycles. The Hall–Kier alpha value is -1.38. The number of fused-ring (bicyclic) bond motifs is 1. The molecule has 1 aromatic rings. The highest BCUT2D eigenvalue weighted by Crippen LogP contribution is 2.47. The van der Waals surface area contributed by atoms with Gasteiger partial charge in [-0.1, -0.05) is 36.8 Å². The van der Waals surface area contributed by atoms with Crippen LogP contribution in [0.2, 0.25) is 5.02 Å². The highest BCUT2D eigenvalue weighted by atomic mass is 35.5. The normalized spacial score (nSPS) is 21.0. The first-order chi connectivity index (χ1) is 9.90.